The minimum atomic E-state index is -0.270. The molecule has 1 amide bonds. The second-order valence-corrected chi connectivity index (χ2v) is 4.57. The number of phenolic OH excluding ortho intramolecular Hbond substituents is 1. The number of para-hydroxylation sites is 1. The Hall–Kier alpha value is -2.29. The van der Waals surface area contributed by atoms with E-state index in [2.05, 4.69) is 5.32 Å². The lowest BCUT2D eigenvalue weighted by atomic mass is 10.0. The number of rotatable bonds is 3. The van der Waals surface area contributed by atoms with Crippen LogP contribution >= 0.6 is 0 Å². The summed E-state index contributed by atoms with van der Waals surface area (Å²) in [6.07, 6.45) is 0. The summed E-state index contributed by atoms with van der Waals surface area (Å²) < 4.78 is 0. The molecule has 0 heterocycles. The van der Waals surface area contributed by atoms with Gasteiger partial charge < -0.3 is 10.4 Å². The molecule has 3 heteroatoms. The van der Waals surface area contributed by atoms with Crippen LogP contribution in [0.4, 0.5) is 0 Å². The fraction of sp³-hybridized carbons (Fsp3) is 0.188. The van der Waals surface area contributed by atoms with Crippen LogP contribution in [-0.2, 0) is 0 Å². The van der Waals surface area contributed by atoms with Crippen molar-refractivity contribution in [3.05, 3.63) is 65.2 Å². The molecule has 2 N–H and O–H groups in total. The first-order chi connectivity index (χ1) is 9.09. The highest BCUT2D eigenvalue weighted by Crippen LogP contribution is 2.20. The quantitative estimate of drug-likeness (QED) is 0.885. The van der Waals surface area contributed by atoms with Gasteiger partial charge in [-0.3, -0.25) is 4.79 Å². The van der Waals surface area contributed by atoms with Gasteiger partial charge in [0.05, 0.1) is 11.6 Å². The number of nitrogens with one attached hydrogen (secondary N) is 1. The molecule has 0 aliphatic heterocycles. The van der Waals surface area contributed by atoms with Gasteiger partial charge >= 0.3 is 0 Å². The fourth-order valence-electron chi connectivity index (χ4n) is 2.09. The molecule has 0 saturated carbocycles. The van der Waals surface area contributed by atoms with E-state index in [1.54, 1.807) is 18.2 Å². The van der Waals surface area contributed by atoms with Gasteiger partial charge in [0, 0.05) is 0 Å². The average molecular weight is 255 g/mol. The van der Waals surface area contributed by atoms with Crippen LogP contribution in [0.5, 0.6) is 5.75 Å². The summed E-state index contributed by atoms with van der Waals surface area (Å²) in [5.74, 6) is -0.272. The lowest BCUT2D eigenvalue weighted by Gasteiger charge is -2.16. The van der Waals surface area contributed by atoms with E-state index in [1.807, 2.05) is 38.1 Å². The number of amides is 1. The molecule has 0 fully saturated rings. The Labute approximate surface area is 112 Å². The summed E-state index contributed by atoms with van der Waals surface area (Å²) in [5.41, 5.74) is 2.50. The van der Waals surface area contributed by atoms with E-state index in [0.717, 1.165) is 11.1 Å². The predicted octanol–water partition coefficient (Wildman–Crippen LogP) is 3.19. The van der Waals surface area contributed by atoms with Crippen molar-refractivity contribution in [3.8, 4) is 5.75 Å². The maximum absolute atomic E-state index is 12.1. The lowest BCUT2D eigenvalue weighted by molar-refractivity contribution is 0.0937. The third-order valence-corrected chi connectivity index (χ3v) is 3.15. The normalized spacial score (nSPS) is 11.9. The van der Waals surface area contributed by atoms with Crippen molar-refractivity contribution in [1.29, 1.82) is 0 Å². The second-order valence-electron chi connectivity index (χ2n) is 4.57. The summed E-state index contributed by atoms with van der Waals surface area (Å²) in [5, 5.41) is 12.6. The maximum atomic E-state index is 12.1. The highest BCUT2D eigenvalue weighted by atomic mass is 16.3. The van der Waals surface area contributed by atoms with Crippen molar-refractivity contribution >= 4 is 5.91 Å². The molecule has 2 aromatic rings. The molecule has 2 rings (SSSR count). The number of carbonyl (C=O) groups excluding carboxylic acids is 1. The largest absolute Gasteiger partial charge is 0.507 e. The molecule has 0 aliphatic rings. The molecule has 98 valence electrons. The maximum Gasteiger partial charge on any atom is 0.255 e. The number of aromatic hydroxyl groups is 1. The van der Waals surface area contributed by atoms with Gasteiger partial charge in [0.25, 0.3) is 5.91 Å². The number of benzene rings is 2. The topological polar surface area (TPSA) is 49.3 Å². The molecular formula is C16H17NO2. The standard InChI is InChI=1S/C16H17NO2/c1-11-7-3-4-8-13(11)12(2)17-16(19)14-9-5-6-10-15(14)18/h3-10,12,18H,1-2H3,(H,17,19). The molecule has 19 heavy (non-hydrogen) atoms. The number of hydrogen-bond donors (Lipinski definition) is 2. The van der Waals surface area contributed by atoms with Crippen molar-refractivity contribution in [2.75, 3.05) is 0 Å². The molecule has 0 saturated heterocycles. The SMILES string of the molecule is Cc1ccccc1C(C)NC(=O)c1ccccc1O. The van der Waals surface area contributed by atoms with E-state index in [9.17, 15) is 9.90 Å². The van der Waals surface area contributed by atoms with Gasteiger partial charge in [-0.15, -0.1) is 0 Å². The van der Waals surface area contributed by atoms with Crippen LogP contribution in [0.2, 0.25) is 0 Å². The highest BCUT2D eigenvalue weighted by Gasteiger charge is 2.15. The predicted molar refractivity (Wildman–Crippen MR) is 75.2 cm³/mol. The monoisotopic (exact) mass is 255 g/mol. The van der Waals surface area contributed by atoms with E-state index in [4.69, 9.17) is 0 Å². The smallest absolute Gasteiger partial charge is 0.255 e. The van der Waals surface area contributed by atoms with Gasteiger partial charge in [0.15, 0.2) is 0 Å². The van der Waals surface area contributed by atoms with Gasteiger partial charge in [-0.2, -0.15) is 0 Å². The zero-order valence-corrected chi connectivity index (χ0v) is 11.1. The van der Waals surface area contributed by atoms with Gasteiger partial charge in [-0.25, -0.2) is 0 Å². The van der Waals surface area contributed by atoms with Crippen LogP contribution in [0.1, 0.15) is 34.5 Å². The Morgan fingerprint density at radius 2 is 1.74 bits per heavy atom. The van der Waals surface area contributed by atoms with E-state index >= 15 is 0 Å². The van der Waals surface area contributed by atoms with Crippen molar-refractivity contribution in [3.63, 3.8) is 0 Å². The first kappa shape index (κ1) is 13.1. The summed E-state index contributed by atoms with van der Waals surface area (Å²) in [7, 11) is 0. The summed E-state index contributed by atoms with van der Waals surface area (Å²) in [6.45, 7) is 3.94. The minimum absolute atomic E-state index is 0.00279. The minimum Gasteiger partial charge on any atom is -0.507 e. The molecule has 1 atom stereocenters. The third kappa shape index (κ3) is 2.94. The van der Waals surface area contributed by atoms with Crippen LogP contribution in [0.3, 0.4) is 0 Å². The number of carbonyl (C=O) groups is 1. The Bertz CT molecular complexity index is 593. The average Bonchev–Trinajstić information content (AvgIpc) is 2.39. The second kappa shape index (κ2) is 5.57. The van der Waals surface area contributed by atoms with Gasteiger partial charge in [0.2, 0.25) is 0 Å². The Kier molecular flexibility index (Phi) is 3.85. The van der Waals surface area contributed by atoms with Gasteiger partial charge in [-0.05, 0) is 37.1 Å². The first-order valence-electron chi connectivity index (χ1n) is 6.24. The van der Waals surface area contributed by atoms with Crippen LogP contribution in [0.25, 0.3) is 0 Å². The third-order valence-electron chi connectivity index (χ3n) is 3.15. The van der Waals surface area contributed by atoms with E-state index < -0.39 is 0 Å². The molecule has 1 unspecified atom stereocenters. The molecule has 0 aromatic heterocycles. The first-order valence-corrected chi connectivity index (χ1v) is 6.24. The number of hydrogen-bond acceptors (Lipinski definition) is 2. The van der Waals surface area contributed by atoms with Crippen LogP contribution < -0.4 is 5.32 Å². The fourth-order valence-corrected chi connectivity index (χ4v) is 2.09. The van der Waals surface area contributed by atoms with Crippen molar-refractivity contribution in [1.82, 2.24) is 5.32 Å². The van der Waals surface area contributed by atoms with Gasteiger partial charge in [0.1, 0.15) is 5.75 Å². The van der Waals surface area contributed by atoms with Gasteiger partial charge in [-0.1, -0.05) is 36.4 Å². The summed E-state index contributed by atoms with van der Waals surface area (Å²) >= 11 is 0. The molecular weight excluding hydrogens is 238 g/mol. The Balaban J connectivity index is 2.16. The lowest BCUT2D eigenvalue weighted by Crippen LogP contribution is -2.27. The molecule has 2 aromatic carbocycles. The Morgan fingerprint density at radius 1 is 1.11 bits per heavy atom. The molecule has 3 nitrogen and oxygen atoms in total. The van der Waals surface area contributed by atoms with Crippen molar-refractivity contribution in [2.24, 2.45) is 0 Å². The van der Waals surface area contributed by atoms with E-state index in [1.165, 1.54) is 6.07 Å². The number of aryl methyl sites for hydroxylation is 1. The zero-order chi connectivity index (χ0) is 13.8. The Morgan fingerprint density at radius 3 is 2.42 bits per heavy atom. The zero-order valence-electron chi connectivity index (χ0n) is 11.1. The number of phenols is 1. The molecule has 0 bridgehead atoms. The van der Waals surface area contributed by atoms with Crippen LogP contribution in [-0.4, -0.2) is 11.0 Å². The molecule has 0 radical (unpaired) electrons. The summed E-state index contributed by atoms with van der Waals surface area (Å²) in [4.78, 5) is 12.1. The highest BCUT2D eigenvalue weighted by molar-refractivity contribution is 5.96. The van der Waals surface area contributed by atoms with Crippen LogP contribution in [0, 0.1) is 6.92 Å². The molecule has 0 aliphatic carbocycles. The van der Waals surface area contributed by atoms with Crippen LogP contribution in [0.15, 0.2) is 48.5 Å². The van der Waals surface area contributed by atoms with E-state index in [0.29, 0.717) is 5.56 Å². The van der Waals surface area contributed by atoms with E-state index in [-0.39, 0.29) is 17.7 Å². The van der Waals surface area contributed by atoms with Crippen molar-refractivity contribution in [2.45, 2.75) is 19.9 Å². The molecule has 0 spiro atoms. The summed E-state index contributed by atoms with van der Waals surface area (Å²) in [6, 6.07) is 14.4. The van der Waals surface area contributed by atoms with Crippen molar-refractivity contribution < 1.29 is 9.90 Å².